The number of benzene rings is 1. The van der Waals surface area contributed by atoms with Gasteiger partial charge < -0.3 is 4.90 Å². The Labute approximate surface area is 99.5 Å². The van der Waals surface area contributed by atoms with E-state index in [0.717, 1.165) is 13.0 Å². The van der Waals surface area contributed by atoms with Gasteiger partial charge in [0, 0.05) is 13.6 Å². The van der Waals surface area contributed by atoms with Crippen LogP contribution < -0.4 is 4.90 Å². The average molecular weight is 236 g/mol. The molecule has 0 bridgehead atoms. The van der Waals surface area contributed by atoms with Gasteiger partial charge in [-0.25, -0.2) is 8.78 Å². The van der Waals surface area contributed by atoms with Crippen LogP contribution in [0, 0.1) is 34.8 Å². The van der Waals surface area contributed by atoms with E-state index >= 15 is 0 Å². The Kier molecular flexibility index (Phi) is 3.01. The summed E-state index contributed by atoms with van der Waals surface area (Å²) in [6, 6.07) is 4.41. The van der Waals surface area contributed by atoms with Crippen LogP contribution in [-0.4, -0.2) is 13.6 Å². The van der Waals surface area contributed by atoms with Gasteiger partial charge in [0.05, 0.1) is 11.3 Å². The predicted molar refractivity (Wildman–Crippen MR) is 61.6 cm³/mol. The highest BCUT2D eigenvalue weighted by molar-refractivity contribution is 5.51. The molecule has 1 fully saturated rings. The Balaban J connectivity index is 2.21. The molecule has 0 saturated heterocycles. The minimum absolute atomic E-state index is 0.223. The van der Waals surface area contributed by atoms with Crippen LogP contribution in [0.25, 0.3) is 0 Å². The van der Waals surface area contributed by atoms with Crippen molar-refractivity contribution in [1.82, 2.24) is 0 Å². The fourth-order valence-corrected chi connectivity index (χ4v) is 2.02. The molecule has 1 saturated carbocycles. The predicted octanol–water partition coefficient (Wildman–Crippen LogP) is 2.93. The number of rotatable bonds is 3. The molecule has 2 unspecified atom stereocenters. The summed E-state index contributed by atoms with van der Waals surface area (Å²) in [4.78, 5) is 1.72. The van der Waals surface area contributed by atoms with Gasteiger partial charge in [0.25, 0.3) is 0 Å². The van der Waals surface area contributed by atoms with Gasteiger partial charge in [0.15, 0.2) is 11.6 Å². The summed E-state index contributed by atoms with van der Waals surface area (Å²) >= 11 is 0. The van der Waals surface area contributed by atoms with Gasteiger partial charge in [0.1, 0.15) is 6.07 Å². The van der Waals surface area contributed by atoms with Gasteiger partial charge in [-0.3, -0.25) is 0 Å². The van der Waals surface area contributed by atoms with Crippen LogP contribution in [-0.2, 0) is 0 Å². The molecule has 2 rings (SSSR count). The maximum atomic E-state index is 13.7. The van der Waals surface area contributed by atoms with Crippen molar-refractivity contribution in [2.75, 3.05) is 18.5 Å². The maximum Gasteiger partial charge on any atom is 0.183 e. The monoisotopic (exact) mass is 236 g/mol. The first-order valence-corrected chi connectivity index (χ1v) is 5.63. The van der Waals surface area contributed by atoms with E-state index in [1.54, 1.807) is 18.0 Å². The van der Waals surface area contributed by atoms with Crippen molar-refractivity contribution >= 4 is 5.69 Å². The maximum absolute atomic E-state index is 13.7. The molecule has 1 aromatic rings. The quantitative estimate of drug-likeness (QED) is 0.806. The molecule has 4 heteroatoms. The van der Waals surface area contributed by atoms with Gasteiger partial charge in [-0.05, 0) is 30.4 Å². The van der Waals surface area contributed by atoms with Crippen LogP contribution in [0.15, 0.2) is 12.1 Å². The minimum Gasteiger partial charge on any atom is -0.372 e. The van der Waals surface area contributed by atoms with Crippen molar-refractivity contribution in [1.29, 1.82) is 5.26 Å². The second kappa shape index (κ2) is 4.33. The first-order valence-electron chi connectivity index (χ1n) is 5.63. The van der Waals surface area contributed by atoms with Crippen molar-refractivity contribution in [2.45, 2.75) is 13.3 Å². The fourth-order valence-electron chi connectivity index (χ4n) is 2.02. The van der Waals surface area contributed by atoms with E-state index in [1.165, 1.54) is 12.1 Å². The summed E-state index contributed by atoms with van der Waals surface area (Å²) in [5.74, 6) is -0.748. The minimum atomic E-state index is -1.05. The van der Waals surface area contributed by atoms with E-state index in [4.69, 9.17) is 5.26 Å². The molecule has 2 atom stereocenters. The largest absolute Gasteiger partial charge is 0.372 e. The second-order valence-electron chi connectivity index (χ2n) is 4.73. The first-order chi connectivity index (χ1) is 8.04. The number of hydrogen-bond donors (Lipinski definition) is 0. The molecule has 90 valence electrons. The Morgan fingerprint density at radius 2 is 2.06 bits per heavy atom. The molecule has 0 aromatic heterocycles. The van der Waals surface area contributed by atoms with E-state index in [2.05, 4.69) is 6.92 Å². The summed E-state index contributed by atoms with van der Waals surface area (Å²) in [5.41, 5.74) is -0.0277. The van der Waals surface area contributed by atoms with Crippen LogP contribution in [0.2, 0.25) is 0 Å². The van der Waals surface area contributed by atoms with E-state index in [0.29, 0.717) is 11.8 Å². The van der Waals surface area contributed by atoms with Crippen molar-refractivity contribution in [3.8, 4) is 6.07 Å². The zero-order valence-electron chi connectivity index (χ0n) is 9.87. The zero-order chi connectivity index (χ0) is 12.6. The van der Waals surface area contributed by atoms with Crippen LogP contribution in [0.1, 0.15) is 18.9 Å². The highest BCUT2D eigenvalue weighted by Crippen LogP contribution is 2.39. The van der Waals surface area contributed by atoms with Crippen molar-refractivity contribution in [3.05, 3.63) is 29.3 Å². The standard InChI is InChI=1S/C13H14F2N2/c1-8-5-10(8)7-17(2)11-4-3-9(6-16)12(14)13(11)15/h3-4,8,10H,5,7H2,1-2H3. The normalized spacial score (nSPS) is 22.1. The average Bonchev–Trinajstić information content (AvgIpc) is 2.98. The molecule has 1 aromatic carbocycles. The molecule has 0 aliphatic heterocycles. The third kappa shape index (κ3) is 2.23. The van der Waals surface area contributed by atoms with Crippen LogP contribution in [0.3, 0.4) is 0 Å². The lowest BCUT2D eigenvalue weighted by Gasteiger charge is -2.20. The highest BCUT2D eigenvalue weighted by Gasteiger charge is 2.33. The summed E-state index contributed by atoms with van der Waals surface area (Å²) in [7, 11) is 1.74. The van der Waals surface area contributed by atoms with Gasteiger partial charge in [-0.1, -0.05) is 6.92 Å². The number of hydrogen-bond acceptors (Lipinski definition) is 2. The topological polar surface area (TPSA) is 27.0 Å². The summed E-state index contributed by atoms with van der Waals surface area (Å²) in [6.45, 7) is 2.87. The highest BCUT2D eigenvalue weighted by atomic mass is 19.2. The molecule has 0 radical (unpaired) electrons. The van der Waals surface area contributed by atoms with Gasteiger partial charge in [-0.15, -0.1) is 0 Å². The molecule has 0 heterocycles. The molecule has 0 spiro atoms. The van der Waals surface area contributed by atoms with Crippen LogP contribution in [0.4, 0.5) is 14.5 Å². The molecule has 0 amide bonds. The zero-order valence-corrected chi connectivity index (χ0v) is 9.87. The Hall–Kier alpha value is -1.63. The lowest BCUT2D eigenvalue weighted by atomic mass is 10.2. The lowest BCUT2D eigenvalue weighted by molar-refractivity contribution is 0.504. The Morgan fingerprint density at radius 3 is 2.59 bits per heavy atom. The fraction of sp³-hybridized carbons (Fsp3) is 0.462. The lowest BCUT2D eigenvalue weighted by Crippen LogP contribution is -2.22. The van der Waals surface area contributed by atoms with Gasteiger partial charge in [0.2, 0.25) is 0 Å². The number of nitriles is 1. The van der Waals surface area contributed by atoms with Crippen molar-refractivity contribution in [3.63, 3.8) is 0 Å². The third-order valence-corrected chi connectivity index (χ3v) is 3.38. The molecular formula is C13H14F2N2. The molecule has 17 heavy (non-hydrogen) atoms. The molecule has 0 N–H and O–H groups in total. The summed E-state index contributed by atoms with van der Waals surface area (Å²) in [6.07, 6.45) is 1.14. The smallest absolute Gasteiger partial charge is 0.183 e. The Bertz CT molecular complexity index is 479. The van der Waals surface area contributed by atoms with E-state index in [-0.39, 0.29) is 11.3 Å². The molecule has 1 aliphatic carbocycles. The van der Waals surface area contributed by atoms with Crippen molar-refractivity contribution < 1.29 is 8.78 Å². The number of nitrogens with zero attached hydrogens (tertiary/aromatic N) is 2. The molecular weight excluding hydrogens is 222 g/mol. The van der Waals surface area contributed by atoms with Gasteiger partial charge >= 0.3 is 0 Å². The van der Waals surface area contributed by atoms with Gasteiger partial charge in [-0.2, -0.15) is 5.26 Å². The molecule has 1 aliphatic rings. The first kappa shape index (κ1) is 11.8. The summed E-state index contributed by atoms with van der Waals surface area (Å²) in [5, 5.41) is 8.59. The summed E-state index contributed by atoms with van der Waals surface area (Å²) < 4.78 is 27.1. The number of halogens is 2. The van der Waals surface area contributed by atoms with Crippen LogP contribution >= 0.6 is 0 Å². The Morgan fingerprint density at radius 1 is 1.41 bits per heavy atom. The number of anilines is 1. The molecule has 2 nitrogen and oxygen atoms in total. The second-order valence-corrected chi connectivity index (χ2v) is 4.73. The van der Waals surface area contributed by atoms with E-state index < -0.39 is 11.6 Å². The van der Waals surface area contributed by atoms with E-state index in [1.807, 2.05) is 0 Å². The van der Waals surface area contributed by atoms with E-state index in [9.17, 15) is 8.78 Å². The third-order valence-electron chi connectivity index (χ3n) is 3.38. The van der Waals surface area contributed by atoms with Crippen molar-refractivity contribution in [2.24, 2.45) is 11.8 Å². The van der Waals surface area contributed by atoms with Crippen LogP contribution in [0.5, 0.6) is 0 Å². The SMILES string of the molecule is CC1CC1CN(C)c1ccc(C#N)c(F)c1F.